The molecule has 1 aliphatic carbocycles. The van der Waals surface area contributed by atoms with Crippen molar-refractivity contribution in [3.63, 3.8) is 0 Å². The minimum absolute atomic E-state index is 0.221. The molecule has 1 aromatic carbocycles. The molecule has 0 saturated carbocycles. The monoisotopic (exact) mass is 325 g/mol. The Morgan fingerprint density at radius 2 is 2.17 bits per heavy atom. The zero-order valence-corrected chi connectivity index (χ0v) is 14.7. The first-order valence-electron chi connectivity index (χ1n) is 9.25. The van der Waals surface area contributed by atoms with Crippen molar-refractivity contribution in [1.82, 2.24) is 4.90 Å². The summed E-state index contributed by atoms with van der Waals surface area (Å²) in [5.41, 5.74) is 4.33. The lowest BCUT2D eigenvalue weighted by Crippen LogP contribution is -2.59. The second-order valence-corrected chi connectivity index (χ2v) is 7.49. The van der Waals surface area contributed by atoms with E-state index < -0.39 is 0 Å². The maximum atomic E-state index is 10.1. The molecule has 3 heteroatoms. The second-order valence-electron chi connectivity index (χ2n) is 7.49. The third kappa shape index (κ3) is 2.29. The lowest BCUT2D eigenvalue weighted by molar-refractivity contribution is 0.00411. The van der Waals surface area contributed by atoms with Gasteiger partial charge in [0.15, 0.2) is 0 Å². The van der Waals surface area contributed by atoms with Crippen molar-refractivity contribution in [3.8, 4) is 5.75 Å². The number of rotatable bonds is 4. The molecule has 2 heterocycles. The number of likely N-dealkylation sites (tertiary alicyclic amines) is 1. The molecule has 0 radical (unpaired) electrons. The van der Waals surface area contributed by atoms with Gasteiger partial charge in [-0.1, -0.05) is 26.3 Å². The molecule has 1 aromatic heterocycles. The summed E-state index contributed by atoms with van der Waals surface area (Å²) in [6.07, 6.45) is 8.25. The Kier molecular flexibility index (Phi) is 3.92. The van der Waals surface area contributed by atoms with Gasteiger partial charge in [-0.2, -0.15) is 0 Å². The van der Waals surface area contributed by atoms with E-state index in [-0.39, 0.29) is 5.41 Å². The summed E-state index contributed by atoms with van der Waals surface area (Å²) >= 11 is 0. The number of benzene rings is 1. The van der Waals surface area contributed by atoms with E-state index in [2.05, 4.69) is 30.9 Å². The molecule has 2 bridgehead atoms. The first kappa shape index (κ1) is 15.8. The first-order chi connectivity index (χ1) is 11.7. The molecular formula is C21H27NO2. The average Bonchev–Trinajstić information content (AvgIpc) is 3.10. The van der Waals surface area contributed by atoms with Gasteiger partial charge in [0.05, 0.1) is 12.5 Å². The summed E-state index contributed by atoms with van der Waals surface area (Å²) in [6, 6.07) is 8.71. The number of hydrogen-bond acceptors (Lipinski definition) is 3. The van der Waals surface area contributed by atoms with E-state index in [9.17, 15) is 5.11 Å². The van der Waals surface area contributed by atoms with Crippen LogP contribution >= 0.6 is 0 Å². The van der Waals surface area contributed by atoms with Crippen LogP contribution in [0.1, 0.15) is 49.8 Å². The number of phenols is 1. The van der Waals surface area contributed by atoms with Crippen molar-refractivity contribution in [3.05, 3.63) is 53.5 Å². The Morgan fingerprint density at radius 1 is 1.29 bits per heavy atom. The highest BCUT2D eigenvalue weighted by Crippen LogP contribution is 2.52. The van der Waals surface area contributed by atoms with Crippen molar-refractivity contribution in [2.75, 3.05) is 6.54 Å². The quantitative estimate of drug-likeness (QED) is 0.900. The van der Waals surface area contributed by atoms with E-state index in [4.69, 9.17) is 4.42 Å². The van der Waals surface area contributed by atoms with E-state index in [1.54, 1.807) is 6.26 Å². The molecule has 24 heavy (non-hydrogen) atoms. The molecule has 1 saturated heterocycles. The number of phenolic OH excluding ortho intramolecular Hbond substituents is 1. The number of fused-ring (bicyclic) bond motifs is 4. The van der Waals surface area contributed by atoms with Crippen LogP contribution in [0.15, 0.2) is 41.2 Å². The predicted molar refractivity (Wildman–Crippen MR) is 95.1 cm³/mol. The zero-order chi connectivity index (χ0) is 16.7. The minimum Gasteiger partial charge on any atom is -0.508 e. The van der Waals surface area contributed by atoms with Gasteiger partial charge >= 0.3 is 0 Å². The molecule has 1 aliphatic heterocycles. The Hall–Kier alpha value is -1.74. The molecule has 0 amide bonds. The Morgan fingerprint density at radius 3 is 2.88 bits per heavy atom. The third-order valence-electron chi connectivity index (χ3n) is 6.58. The molecule has 0 unspecified atom stereocenters. The Bertz CT molecular complexity index is 709. The minimum atomic E-state index is 0.221. The normalized spacial score (nSPS) is 29.4. The van der Waals surface area contributed by atoms with E-state index >= 15 is 0 Å². The maximum absolute atomic E-state index is 10.1. The van der Waals surface area contributed by atoms with Crippen molar-refractivity contribution >= 4 is 0 Å². The highest BCUT2D eigenvalue weighted by Gasteiger charge is 2.51. The standard InChI is InChI=1S/C21H27NO2/c1-3-18-20-11-16-5-6-17(23)12-19(16)21(18,4-2)8-9-22(20)13-15-7-10-24-14-15/h5-7,10,12,14,18,20,23H,3-4,8-9,11,13H2,1-2H3/t18-,20-,21+/m0/s1. The van der Waals surface area contributed by atoms with Crippen LogP contribution in [-0.2, 0) is 18.4 Å². The third-order valence-corrected chi connectivity index (χ3v) is 6.58. The molecule has 3 atom stereocenters. The molecule has 1 fully saturated rings. The van der Waals surface area contributed by atoms with Crippen LogP contribution in [0.25, 0.3) is 0 Å². The van der Waals surface area contributed by atoms with Gasteiger partial charge in [0.1, 0.15) is 5.75 Å². The van der Waals surface area contributed by atoms with E-state index in [1.165, 1.54) is 29.5 Å². The number of hydrogen-bond donors (Lipinski definition) is 1. The van der Waals surface area contributed by atoms with Crippen LogP contribution in [0.3, 0.4) is 0 Å². The molecule has 2 aliphatic rings. The van der Waals surface area contributed by atoms with Crippen LogP contribution in [0.2, 0.25) is 0 Å². The largest absolute Gasteiger partial charge is 0.508 e. The first-order valence-corrected chi connectivity index (χ1v) is 9.25. The fourth-order valence-corrected chi connectivity index (χ4v) is 5.46. The van der Waals surface area contributed by atoms with E-state index in [0.29, 0.717) is 17.7 Å². The van der Waals surface area contributed by atoms with Gasteiger partial charge in [-0.15, -0.1) is 0 Å². The second kappa shape index (κ2) is 5.96. The Balaban J connectivity index is 1.74. The van der Waals surface area contributed by atoms with Crippen molar-refractivity contribution in [1.29, 1.82) is 0 Å². The molecule has 1 N–H and O–H groups in total. The highest BCUT2D eigenvalue weighted by atomic mass is 16.3. The van der Waals surface area contributed by atoms with Crippen molar-refractivity contribution in [2.45, 2.75) is 57.5 Å². The summed E-state index contributed by atoms with van der Waals surface area (Å²) in [7, 11) is 0. The fraction of sp³-hybridized carbons (Fsp3) is 0.524. The Labute approximate surface area is 144 Å². The summed E-state index contributed by atoms with van der Waals surface area (Å²) in [4.78, 5) is 2.66. The number of nitrogens with zero attached hydrogens (tertiary/aromatic N) is 1. The summed E-state index contributed by atoms with van der Waals surface area (Å²) < 4.78 is 5.27. The van der Waals surface area contributed by atoms with Crippen LogP contribution < -0.4 is 0 Å². The zero-order valence-electron chi connectivity index (χ0n) is 14.7. The fourth-order valence-electron chi connectivity index (χ4n) is 5.46. The van der Waals surface area contributed by atoms with Crippen LogP contribution in [0, 0.1) is 5.92 Å². The molecular weight excluding hydrogens is 298 g/mol. The average molecular weight is 325 g/mol. The van der Waals surface area contributed by atoms with Crippen molar-refractivity contribution in [2.24, 2.45) is 5.92 Å². The SMILES string of the molecule is CC[C@H]1[C@@H]2Cc3ccc(O)cc3[C@]1(CC)CCN2Cc1ccoc1. The van der Waals surface area contributed by atoms with Crippen LogP contribution in [-0.4, -0.2) is 22.6 Å². The lowest BCUT2D eigenvalue weighted by atomic mass is 9.55. The maximum Gasteiger partial charge on any atom is 0.115 e. The van der Waals surface area contributed by atoms with Gasteiger partial charge in [0.2, 0.25) is 0 Å². The summed E-state index contributed by atoms with van der Waals surface area (Å²) in [5.74, 6) is 1.06. The van der Waals surface area contributed by atoms with E-state index in [0.717, 1.165) is 25.9 Å². The van der Waals surface area contributed by atoms with Gasteiger partial charge in [-0.3, -0.25) is 4.90 Å². The van der Waals surface area contributed by atoms with Gasteiger partial charge in [0.25, 0.3) is 0 Å². The highest BCUT2D eigenvalue weighted by molar-refractivity contribution is 5.44. The van der Waals surface area contributed by atoms with Gasteiger partial charge in [-0.05, 0) is 61.1 Å². The smallest absolute Gasteiger partial charge is 0.115 e. The molecule has 4 rings (SSSR count). The molecule has 2 aromatic rings. The van der Waals surface area contributed by atoms with Gasteiger partial charge in [0, 0.05) is 23.6 Å². The van der Waals surface area contributed by atoms with E-state index in [1.807, 2.05) is 18.4 Å². The van der Waals surface area contributed by atoms with Gasteiger partial charge < -0.3 is 9.52 Å². The number of piperidine rings is 1. The topological polar surface area (TPSA) is 36.6 Å². The van der Waals surface area contributed by atoms with Crippen LogP contribution in [0.4, 0.5) is 0 Å². The molecule has 128 valence electrons. The molecule has 3 nitrogen and oxygen atoms in total. The van der Waals surface area contributed by atoms with Crippen molar-refractivity contribution < 1.29 is 9.52 Å². The lowest BCUT2D eigenvalue weighted by Gasteiger charge is -2.57. The number of furan rings is 1. The van der Waals surface area contributed by atoms with Gasteiger partial charge in [-0.25, -0.2) is 0 Å². The summed E-state index contributed by atoms with van der Waals surface area (Å²) in [5, 5.41) is 10.1. The molecule has 0 spiro atoms. The predicted octanol–water partition coefficient (Wildman–Crippen LogP) is 4.49. The summed E-state index contributed by atoms with van der Waals surface area (Å²) in [6.45, 7) is 6.75. The van der Waals surface area contributed by atoms with Crippen LogP contribution in [0.5, 0.6) is 5.75 Å². The number of aromatic hydroxyl groups is 1.